The Hall–Kier alpha value is -1.72. The maximum absolute atomic E-state index is 13.0. The predicted molar refractivity (Wildman–Crippen MR) is 96.3 cm³/mol. The number of benzene rings is 2. The third kappa shape index (κ3) is 4.42. The molecule has 0 atom stereocenters. The number of hydrogen-bond donors (Lipinski definition) is 0. The van der Waals surface area contributed by atoms with Crippen molar-refractivity contribution in [3.05, 3.63) is 69.9 Å². The van der Waals surface area contributed by atoms with E-state index in [0.717, 1.165) is 48.2 Å². The molecule has 0 radical (unpaired) electrons. The van der Waals surface area contributed by atoms with Gasteiger partial charge in [0.05, 0.1) is 0 Å². The zero-order valence-corrected chi connectivity index (χ0v) is 15.0. The topological polar surface area (TPSA) is 23.6 Å². The van der Waals surface area contributed by atoms with Gasteiger partial charge in [-0.05, 0) is 42.3 Å². The lowest BCUT2D eigenvalue weighted by atomic mass is 10.2. The molecule has 1 aliphatic rings. The Balaban J connectivity index is 1.60. The second-order valence-corrected chi connectivity index (χ2v) is 6.97. The minimum absolute atomic E-state index is 0.0833. The van der Waals surface area contributed by atoms with Crippen LogP contribution in [0.3, 0.4) is 0 Å². The van der Waals surface area contributed by atoms with Gasteiger partial charge < -0.3 is 4.90 Å². The Morgan fingerprint density at radius 2 is 1.83 bits per heavy atom. The van der Waals surface area contributed by atoms with Crippen molar-refractivity contribution in [3.8, 4) is 0 Å². The SMILES string of the molecule is O=C(c1cccc(Br)c1)N1CCCN(Cc2ccc(F)cc2)CC1. The van der Waals surface area contributed by atoms with Crippen molar-refractivity contribution < 1.29 is 9.18 Å². The van der Waals surface area contributed by atoms with Gasteiger partial charge in [-0.25, -0.2) is 4.39 Å². The van der Waals surface area contributed by atoms with Crippen molar-refractivity contribution in [3.63, 3.8) is 0 Å². The van der Waals surface area contributed by atoms with Crippen LogP contribution in [0.2, 0.25) is 0 Å². The zero-order chi connectivity index (χ0) is 16.9. The molecule has 3 nitrogen and oxygen atoms in total. The van der Waals surface area contributed by atoms with Gasteiger partial charge in [-0.2, -0.15) is 0 Å². The Kier molecular flexibility index (Phi) is 5.63. The molecule has 1 heterocycles. The Morgan fingerprint density at radius 1 is 1.04 bits per heavy atom. The molecule has 1 saturated heterocycles. The van der Waals surface area contributed by atoms with Gasteiger partial charge >= 0.3 is 0 Å². The molecule has 24 heavy (non-hydrogen) atoms. The molecule has 2 aromatic carbocycles. The van der Waals surface area contributed by atoms with Crippen molar-refractivity contribution in [1.82, 2.24) is 9.80 Å². The number of amides is 1. The molecule has 1 aliphatic heterocycles. The third-order valence-corrected chi connectivity index (χ3v) is 4.76. The summed E-state index contributed by atoms with van der Waals surface area (Å²) in [6.07, 6.45) is 0.945. The number of rotatable bonds is 3. The Morgan fingerprint density at radius 3 is 2.58 bits per heavy atom. The van der Waals surface area contributed by atoms with Crippen molar-refractivity contribution >= 4 is 21.8 Å². The molecular formula is C19H20BrFN2O. The normalized spacial score (nSPS) is 16.0. The predicted octanol–water partition coefficient (Wildman–Crippen LogP) is 3.94. The Labute approximate surface area is 150 Å². The molecule has 0 N–H and O–H groups in total. The van der Waals surface area contributed by atoms with E-state index in [0.29, 0.717) is 6.54 Å². The zero-order valence-electron chi connectivity index (χ0n) is 13.4. The lowest BCUT2D eigenvalue weighted by Gasteiger charge is -2.22. The van der Waals surface area contributed by atoms with Gasteiger partial charge in [0.25, 0.3) is 5.91 Å². The first-order valence-corrected chi connectivity index (χ1v) is 8.93. The van der Waals surface area contributed by atoms with Crippen LogP contribution in [-0.4, -0.2) is 41.9 Å². The monoisotopic (exact) mass is 390 g/mol. The fourth-order valence-corrected chi connectivity index (χ4v) is 3.38. The van der Waals surface area contributed by atoms with Crippen LogP contribution in [-0.2, 0) is 6.54 Å². The van der Waals surface area contributed by atoms with Crippen LogP contribution in [0.5, 0.6) is 0 Å². The number of carbonyl (C=O) groups is 1. The van der Waals surface area contributed by atoms with Gasteiger partial charge in [0.1, 0.15) is 5.82 Å². The minimum atomic E-state index is -0.208. The average molecular weight is 391 g/mol. The fraction of sp³-hybridized carbons (Fsp3) is 0.316. The molecule has 0 spiro atoms. The molecule has 1 fully saturated rings. The molecule has 1 amide bonds. The Bertz CT molecular complexity index is 705. The largest absolute Gasteiger partial charge is 0.337 e. The van der Waals surface area contributed by atoms with Gasteiger partial charge in [-0.1, -0.05) is 34.1 Å². The van der Waals surface area contributed by atoms with Crippen LogP contribution < -0.4 is 0 Å². The van der Waals surface area contributed by atoms with E-state index in [1.807, 2.05) is 41.3 Å². The quantitative estimate of drug-likeness (QED) is 0.792. The van der Waals surface area contributed by atoms with E-state index in [2.05, 4.69) is 20.8 Å². The van der Waals surface area contributed by atoms with E-state index in [1.54, 1.807) is 0 Å². The second kappa shape index (κ2) is 7.90. The van der Waals surface area contributed by atoms with Crippen LogP contribution in [0, 0.1) is 5.82 Å². The molecule has 0 aliphatic carbocycles. The molecule has 126 valence electrons. The van der Waals surface area contributed by atoms with Crippen LogP contribution in [0.4, 0.5) is 4.39 Å². The highest BCUT2D eigenvalue weighted by Gasteiger charge is 2.20. The summed E-state index contributed by atoms with van der Waals surface area (Å²) >= 11 is 3.42. The van der Waals surface area contributed by atoms with Gasteiger partial charge in [-0.15, -0.1) is 0 Å². The van der Waals surface area contributed by atoms with E-state index in [1.165, 1.54) is 12.1 Å². The molecule has 3 rings (SSSR count). The third-order valence-electron chi connectivity index (χ3n) is 4.27. The molecule has 5 heteroatoms. The summed E-state index contributed by atoms with van der Waals surface area (Å²) < 4.78 is 13.9. The average Bonchev–Trinajstić information content (AvgIpc) is 2.82. The van der Waals surface area contributed by atoms with Gasteiger partial charge in [0.15, 0.2) is 0 Å². The van der Waals surface area contributed by atoms with E-state index in [9.17, 15) is 9.18 Å². The molecule has 0 unspecified atom stereocenters. The highest BCUT2D eigenvalue weighted by atomic mass is 79.9. The summed E-state index contributed by atoms with van der Waals surface area (Å²) in [7, 11) is 0. The van der Waals surface area contributed by atoms with Gasteiger partial charge in [0, 0.05) is 42.8 Å². The van der Waals surface area contributed by atoms with Crippen molar-refractivity contribution in [2.24, 2.45) is 0 Å². The number of carbonyl (C=O) groups excluding carboxylic acids is 1. The van der Waals surface area contributed by atoms with Crippen molar-refractivity contribution in [2.75, 3.05) is 26.2 Å². The van der Waals surface area contributed by atoms with Gasteiger partial charge in [-0.3, -0.25) is 9.69 Å². The first-order valence-electron chi connectivity index (χ1n) is 8.13. The van der Waals surface area contributed by atoms with Crippen LogP contribution in [0.1, 0.15) is 22.3 Å². The van der Waals surface area contributed by atoms with Crippen molar-refractivity contribution in [1.29, 1.82) is 0 Å². The number of nitrogens with zero attached hydrogens (tertiary/aromatic N) is 2. The van der Waals surface area contributed by atoms with Crippen molar-refractivity contribution in [2.45, 2.75) is 13.0 Å². The highest BCUT2D eigenvalue weighted by Crippen LogP contribution is 2.16. The standard InChI is InChI=1S/C19H20BrFN2O/c20-17-4-1-3-16(13-17)19(24)23-10-2-9-22(11-12-23)14-15-5-7-18(21)8-6-15/h1,3-8,13H,2,9-12,14H2. The van der Waals surface area contributed by atoms with E-state index < -0.39 is 0 Å². The van der Waals surface area contributed by atoms with Crippen LogP contribution in [0.15, 0.2) is 53.0 Å². The number of halogens is 2. The first kappa shape index (κ1) is 17.1. The van der Waals surface area contributed by atoms with Crippen LogP contribution in [0.25, 0.3) is 0 Å². The van der Waals surface area contributed by atoms with E-state index in [4.69, 9.17) is 0 Å². The summed E-state index contributed by atoms with van der Waals surface area (Å²) in [6, 6.07) is 14.2. The number of hydrogen-bond acceptors (Lipinski definition) is 2. The van der Waals surface area contributed by atoms with Gasteiger partial charge in [0.2, 0.25) is 0 Å². The maximum Gasteiger partial charge on any atom is 0.253 e. The highest BCUT2D eigenvalue weighted by molar-refractivity contribution is 9.10. The fourth-order valence-electron chi connectivity index (χ4n) is 2.98. The lowest BCUT2D eigenvalue weighted by molar-refractivity contribution is 0.0761. The minimum Gasteiger partial charge on any atom is -0.337 e. The second-order valence-electron chi connectivity index (χ2n) is 6.06. The van der Waals surface area contributed by atoms with E-state index >= 15 is 0 Å². The summed E-state index contributed by atoms with van der Waals surface area (Å²) in [4.78, 5) is 16.9. The molecule has 0 saturated carbocycles. The molecule has 0 bridgehead atoms. The molecule has 0 aromatic heterocycles. The summed E-state index contributed by atoms with van der Waals surface area (Å²) in [5.74, 6) is -0.125. The lowest BCUT2D eigenvalue weighted by Crippen LogP contribution is -2.35. The maximum atomic E-state index is 13.0. The molecular weight excluding hydrogens is 371 g/mol. The first-order chi connectivity index (χ1) is 11.6. The van der Waals surface area contributed by atoms with Crippen LogP contribution >= 0.6 is 15.9 Å². The smallest absolute Gasteiger partial charge is 0.253 e. The van der Waals surface area contributed by atoms with E-state index in [-0.39, 0.29) is 11.7 Å². The summed E-state index contributed by atoms with van der Waals surface area (Å²) in [5, 5.41) is 0. The summed E-state index contributed by atoms with van der Waals surface area (Å²) in [5.41, 5.74) is 1.82. The molecule has 2 aromatic rings. The summed E-state index contributed by atoms with van der Waals surface area (Å²) in [6.45, 7) is 4.05.